The van der Waals surface area contributed by atoms with Gasteiger partial charge < -0.3 is 25.0 Å². The van der Waals surface area contributed by atoms with Gasteiger partial charge in [0, 0.05) is 25.6 Å². The van der Waals surface area contributed by atoms with Gasteiger partial charge in [0.15, 0.2) is 5.72 Å². The van der Waals surface area contributed by atoms with Crippen molar-refractivity contribution in [3.05, 3.63) is 0 Å². The average Bonchev–Trinajstić information content (AvgIpc) is 2.74. The normalized spacial score (nSPS) is 31.9. The summed E-state index contributed by atoms with van der Waals surface area (Å²) < 4.78 is 10.7. The molecule has 0 spiro atoms. The van der Waals surface area contributed by atoms with Crippen molar-refractivity contribution in [2.75, 3.05) is 19.7 Å². The molecular formula is C13H24BN3O5. The van der Waals surface area contributed by atoms with Crippen LogP contribution in [0.25, 0.3) is 0 Å². The number of nitrogens with two attached hydrogens (primary N) is 2. The van der Waals surface area contributed by atoms with Gasteiger partial charge in [0.25, 0.3) is 5.91 Å². The summed E-state index contributed by atoms with van der Waals surface area (Å²) in [5, 5.41) is 9.66. The highest BCUT2D eigenvalue weighted by Gasteiger charge is 2.54. The van der Waals surface area contributed by atoms with E-state index in [1.807, 2.05) is 6.92 Å². The summed E-state index contributed by atoms with van der Waals surface area (Å²) in [5.41, 5.74) is 8.44. The molecule has 0 aliphatic carbocycles. The molecule has 8 nitrogen and oxygen atoms in total. The van der Waals surface area contributed by atoms with Gasteiger partial charge in [0.2, 0.25) is 0 Å². The predicted molar refractivity (Wildman–Crippen MR) is 79.3 cm³/mol. The van der Waals surface area contributed by atoms with E-state index in [9.17, 15) is 14.7 Å². The molecular weight excluding hydrogens is 289 g/mol. The van der Waals surface area contributed by atoms with E-state index in [2.05, 4.69) is 0 Å². The summed E-state index contributed by atoms with van der Waals surface area (Å²) in [7, 11) is -0.596. The second kappa shape index (κ2) is 6.15. The average molecular weight is 313 g/mol. The van der Waals surface area contributed by atoms with E-state index >= 15 is 0 Å². The van der Waals surface area contributed by atoms with Crippen molar-refractivity contribution in [2.45, 2.75) is 44.3 Å². The van der Waals surface area contributed by atoms with E-state index in [4.69, 9.17) is 20.8 Å². The lowest BCUT2D eigenvalue weighted by Crippen LogP contribution is -2.59. The second-order valence-electron chi connectivity index (χ2n) is 6.29. The molecule has 1 amide bonds. The zero-order valence-electron chi connectivity index (χ0n) is 13.1. The third-order valence-electron chi connectivity index (χ3n) is 4.31. The molecule has 0 saturated carbocycles. The largest absolute Gasteiger partial charge is 0.527 e. The summed E-state index contributed by atoms with van der Waals surface area (Å²) in [6.45, 7) is 3.76. The number of nitrogens with zero attached hydrogens (tertiary/aromatic N) is 1. The van der Waals surface area contributed by atoms with Crippen molar-refractivity contribution in [3.8, 4) is 0 Å². The topological polar surface area (TPSA) is 128 Å². The predicted octanol–water partition coefficient (Wildman–Crippen LogP) is -1.33. The standard InChI is InChI=1S/C13H24BN3O5/c1-3-21-14-6-4-5-9-7-17(10(18)12(2,15)20)8-13(9,16)11(19)22-14/h9,20H,3-8,15-16H2,1-2H3/t9-,12?,13-/m0/s1. The van der Waals surface area contributed by atoms with E-state index in [0.717, 1.165) is 6.42 Å². The lowest BCUT2D eigenvalue weighted by atomic mass is 9.74. The van der Waals surface area contributed by atoms with Gasteiger partial charge >= 0.3 is 13.1 Å². The molecule has 2 aliphatic heterocycles. The first-order valence-electron chi connectivity index (χ1n) is 7.60. The summed E-state index contributed by atoms with van der Waals surface area (Å²) in [5.74, 6) is -1.42. The Bertz CT molecular complexity index is 455. The van der Waals surface area contributed by atoms with Crippen molar-refractivity contribution in [1.82, 2.24) is 4.90 Å². The molecule has 0 aromatic heterocycles. The number of aliphatic hydroxyl groups is 1. The van der Waals surface area contributed by atoms with Gasteiger partial charge in [-0.15, -0.1) is 0 Å². The Labute approximate surface area is 130 Å². The van der Waals surface area contributed by atoms with Gasteiger partial charge in [-0.05, 0) is 26.6 Å². The molecule has 1 unspecified atom stereocenters. The van der Waals surface area contributed by atoms with Crippen molar-refractivity contribution in [2.24, 2.45) is 17.4 Å². The molecule has 0 bridgehead atoms. The Balaban J connectivity index is 2.15. The van der Waals surface area contributed by atoms with E-state index in [0.29, 0.717) is 19.3 Å². The van der Waals surface area contributed by atoms with Crippen molar-refractivity contribution < 1.29 is 24.0 Å². The summed E-state index contributed by atoms with van der Waals surface area (Å²) in [6, 6.07) is 0. The number of carbonyl (C=O) groups is 2. The third-order valence-corrected chi connectivity index (χ3v) is 4.31. The van der Waals surface area contributed by atoms with Crippen LogP contribution in [0.4, 0.5) is 0 Å². The molecule has 2 fully saturated rings. The zero-order chi connectivity index (χ0) is 16.5. The molecule has 124 valence electrons. The molecule has 9 heteroatoms. The maximum Gasteiger partial charge on any atom is 0.527 e. The van der Waals surface area contributed by atoms with Gasteiger partial charge in [-0.3, -0.25) is 15.3 Å². The zero-order valence-corrected chi connectivity index (χ0v) is 13.1. The van der Waals surface area contributed by atoms with Gasteiger partial charge in [-0.2, -0.15) is 0 Å². The fraction of sp³-hybridized carbons (Fsp3) is 0.846. The minimum Gasteiger partial charge on any atom is -0.508 e. The lowest BCUT2D eigenvalue weighted by molar-refractivity contribution is -0.149. The quantitative estimate of drug-likeness (QED) is 0.435. The summed E-state index contributed by atoms with van der Waals surface area (Å²) >= 11 is 0. The Kier molecular flexibility index (Phi) is 4.81. The lowest BCUT2D eigenvalue weighted by Gasteiger charge is -2.31. The Morgan fingerprint density at radius 2 is 2.36 bits per heavy atom. The Hall–Kier alpha value is -1.16. The first-order chi connectivity index (χ1) is 10.2. The first kappa shape index (κ1) is 17.2. The van der Waals surface area contributed by atoms with Crippen LogP contribution in [-0.4, -0.2) is 60.0 Å². The molecule has 5 N–H and O–H groups in total. The third kappa shape index (κ3) is 3.27. The van der Waals surface area contributed by atoms with Crippen LogP contribution in [0.2, 0.25) is 6.32 Å². The minimum atomic E-state index is -1.98. The molecule has 3 atom stereocenters. The number of carbonyl (C=O) groups excluding carboxylic acids is 2. The Morgan fingerprint density at radius 3 is 2.95 bits per heavy atom. The van der Waals surface area contributed by atoms with Crippen LogP contribution in [0.1, 0.15) is 26.7 Å². The molecule has 0 radical (unpaired) electrons. The monoisotopic (exact) mass is 313 g/mol. The molecule has 22 heavy (non-hydrogen) atoms. The fourth-order valence-corrected chi connectivity index (χ4v) is 3.12. The SMILES string of the molecule is CCOB1CCC[C@H]2CN(C(=O)C(C)(N)O)C[C@@]2(N)C(=O)O1. The maximum absolute atomic E-state index is 12.4. The molecule has 0 aromatic carbocycles. The Morgan fingerprint density at radius 1 is 1.68 bits per heavy atom. The van der Waals surface area contributed by atoms with Gasteiger partial charge in [-0.1, -0.05) is 6.42 Å². The van der Waals surface area contributed by atoms with Crippen molar-refractivity contribution in [3.63, 3.8) is 0 Å². The maximum atomic E-state index is 12.4. The van der Waals surface area contributed by atoms with E-state index in [1.54, 1.807) is 0 Å². The van der Waals surface area contributed by atoms with Crippen molar-refractivity contribution >= 4 is 19.0 Å². The summed E-state index contributed by atoms with van der Waals surface area (Å²) in [6.07, 6.45) is 2.07. The highest BCUT2D eigenvalue weighted by molar-refractivity contribution is 6.47. The molecule has 2 saturated heterocycles. The van der Waals surface area contributed by atoms with Crippen LogP contribution in [0.15, 0.2) is 0 Å². The van der Waals surface area contributed by atoms with Gasteiger partial charge in [-0.25, -0.2) is 0 Å². The van der Waals surface area contributed by atoms with Gasteiger partial charge in [0.1, 0.15) is 5.54 Å². The van der Waals surface area contributed by atoms with E-state index < -0.39 is 30.3 Å². The van der Waals surface area contributed by atoms with Crippen molar-refractivity contribution in [1.29, 1.82) is 0 Å². The number of amides is 1. The first-order valence-corrected chi connectivity index (χ1v) is 7.60. The summed E-state index contributed by atoms with van der Waals surface area (Å²) in [4.78, 5) is 25.9. The molecule has 0 aromatic rings. The van der Waals surface area contributed by atoms with Crippen LogP contribution < -0.4 is 11.5 Å². The van der Waals surface area contributed by atoms with Gasteiger partial charge in [0.05, 0.1) is 0 Å². The van der Waals surface area contributed by atoms with E-state index in [1.165, 1.54) is 11.8 Å². The van der Waals surface area contributed by atoms with E-state index in [-0.39, 0.29) is 19.0 Å². The number of hydrogen-bond donors (Lipinski definition) is 3. The smallest absolute Gasteiger partial charge is 0.508 e. The van der Waals surface area contributed by atoms with Crippen LogP contribution >= 0.6 is 0 Å². The van der Waals surface area contributed by atoms with Crippen LogP contribution in [-0.2, 0) is 18.9 Å². The number of rotatable bonds is 3. The van der Waals surface area contributed by atoms with Crippen LogP contribution in [0.3, 0.4) is 0 Å². The highest BCUT2D eigenvalue weighted by Crippen LogP contribution is 2.34. The number of likely N-dealkylation sites (tertiary alicyclic amines) is 1. The molecule has 2 heterocycles. The number of fused-ring (bicyclic) bond motifs is 1. The molecule has 2 rings (SSSR count). The fourth-order valence-electron chi connectivity index (χ4n) is 3.12. The van der Waals surface area contributed by atoms with Crippen LogP contribution in [0, 0.1) is 5.92 Å². The molecule has 2 aliphatic rings. The number of hydrogen-bond acceptors (Lipinski definition) is 7. The second-order valence-corrected chi connectivity index (χ2v) is 6.29. The highest BCUT2D eigenvalue weighted by atomic mass is 16.6. The van der Waals surface area contributed by atoms with Crippen LogP contribution in [0.5, 0.6) is 0 Å². The minimum absolute atomic E-state index is 0.0124.